The van der Waals surface area contributed by atoms with Crippen LogP contribution in [0.1, 0.15) is 18.4 Å². The minimum absolute atomic E-state index is 0.160. The van der Waals surface area contributed by atoms with Gasteiger partial charge in [-0.25, -0.2) is 8.78 Å². The van der Waals surface area contributed by atoms with Crippen LogP contribution in [0.3, 0.4) is 0 Å². The van der Waals surface area contributed by atoms with Gasteiger partial charge in [-0.05, 0) is 18.9 Å². The number of hydrogen-bond acceptors (Lipinski definition) is 3. The monoisotopic (exact) mass is 282 g/mol. The molecule has 1 saturated carbocycles. The first-order chi connectivity index (χ1) is 9.72. The number of nitrogens with one attached hydrogen (secondary N) is 1. The largest absolute Gasteiger partial charge is 0.374 e. The highest BCUT2D eigenvalue weighted by Gasteiger charge is 2.32. The van der Waals surface area contributed by atoms with E-state index < -0.39 is 11.6 Å². The molecule has 2 fully saturated rings. The summed E-state index contributed by atoms with van der Waals surface area (Å²) in [5.74, 6) is -1.04. The molecule has 0 amide bonds. The van der Waals surface area contributed by atoms with Crippen molar-refractivity contribution in [3.05, 3.63) is 35.4 Å². The summed E-state index contributed by atoms with van der Waals surface area (Å²) in [6.07, 6.45) is 2.77. The third kappa shape index (κ3) is 3.53. The Hall–Kier alpha value is -1.04. The fraction of sp³-hybridized carbons (Fsp3) is 0.600. The minimum Gasteiger partial charge on any atom is -0.374 e. The van der Waals surface area contributed by atoms with Crippen LogP contribution < -0.4 is 5.32 Å². The summed E-state index contributed by atoms with van der Waals surface area (Å²) in [6, 6.07) is 4.45. The highest BCUT2D eigenvalue weighted by molar-refractivity contribution is 5.18. The van der Waals surface area contributed by atoms with Crippen molar-refractivity contribution in [1.29, 1.82) is 0 Å². The zero-order chi connectivity index (χ0) is 13.9. The van der Waals surface area contributed by atoms with E-state index in [-0.39, 0.29) is 6.10 Å². The molecule has 110 valence electrons. The summed E-state index contributed by atoms with van der Waals surface area (Å²) in [6.45, 7) is 3.83. The molecule has 1 saturated heterocycles. The van der Waals surface area contributed by atoms with Gasteiger partial charge >= 0.3 is 0 Å². The maximum absolute atomic E-state index is 13.5. The van der Waals surface area contributed by atoms with Crippen molar-refractivity contribution in [3.8, 4) is 0 Å². The molecule has 1 N–H and O–H groups in total. The summed E-state index contributed by atoms with van der Waals surface area (Å²) >= 11 is 0. The van der Waals surface area contributed by atoms with Crippen molar-refractivity contribution in [2.24, 2.45) is 0 Å². The van der Waals surface area contributed by atoms with Crippen molar-refractivity contribution in [2.45, 2.75) is 31.5 Å². The number of benzene rings is 1. The number of ether oxygens (including phenoxy) is 1. The van der Waals surface area contributed by atoms with E-state index in [9.17, 15) is 8.78 Å². The van der Waals surface area contributed by atoms with E-state index in [1.807, 2.05) is 0 Å². The predicted octanol–water partition coefficient (Wildman–Crippen LogP) is 1.92. The minimum atomic E-state index is -0.540. The molecule has 1 heterocycles. The average Bonchev–Trinajstić information content (AvgIpc) is 3.26. The molecule has 1 aliphatic carbocycles. The molecular formula is C15H20F2N2O. The second-order valence-corrected chi connectivity index (χ2v) is 5.59. The Balaban J connectivity index is 1.44. The maximum atomic E-state index is 13.5. The Labute approximate surface area is 117 Å². The van der Waals surface area contributed by atoms with Crippen LogP contribution >= 0.6 is 0 Å². The first-order valence-corrected chi connectivity index (χ1v) is 7.22. The van der Waals surface area contributed by atoms with Crippen LogP contribution in [0.15, 0.2) is 18.2 Å². The summed E-state index contributed by atoms with van der Waals surface area (Å²) in [7, 11) is 0. The first-order valence-electron chi connectivity index (χ1n) is 7.22. The molecular weight excluding hydrogens is 262 g/mol. The fourth-order valence-electron chi connectivity index (χ4n) is 2.67. The zero-order valence-corrected chi connectivity index (χ0v) is 11.4. The zero-order valence-electron chi connectivity index (χ0n) is 11.4. The molecule has 1 aromatic rings. The Morgan fingerprint density at radius 1 is 1.30 bits per heavy atom. The molecule has 20 heavy (non-hydrogen) atoms. The first kappa shape index (κ1) is 13.9. The summed E-state index contributed by atoms with van der Waals surface area (Å²) in [5.41, 5.74) is 0.487. The molecule has 0 bridgehead atoms. The van der Waals surface area contributed by atoms with Crippen molar-refractivity contribution in [3.63, 3.8) is 0 Å². The summed E-state index contributed by atoms with van der Waals surface area (Å²) < 4.78 is 32.0. The Bertz CT molecular complexity index is 465. The van der Waals surface area contributed by atoms with Gasteiger partial charge < -0.3 is 10.1 Å². The van der Waals surface area contributed by atoms with Gasteiger partial charge in [0.15, 0.2) is 0 Å². The fourth-order valence-corrected chi connectivity index (χ4v) is 2.67. The van der Waals surface area contributed by atoms with Gasteiger partial charge in [-0.1, -0.05) is 6.07 Å². The van der Waals surface area contributed by atoms with Gasteiger partial charge in [-0.3, -0.25) is 4.90 Å². The van der Waals surface area contributed by atoms with Crippen LogP contribution in [0.4, 0.5) is 8.78 Å². The van der Waals surface area contributed by atoms with E-state index in [0.717, 1.165) is 31.8 Å². The number of halogens is 2. The van der Waals surface area contributed by atoms with E-state index in [1.54, 1.807) is 0 Å². The van der Waals surface area contributed by atoms with E-state index in [4.69, 9.17) is 4.74 Å². The van der Waals surface area contributed by atoms with Gasteiger partial charge in [0.2, 0.25) is 0 Å². The molecule has 0 radical (unpaired) electrons. The molecule has 3 rings (SSSR count). The lowest BCUT2D eigenvalue weighted by atomic mass is 10.2. The smallest absolute Gasteiger partial charge is 0.130 e. The van der Waals surface area contributed by atoms with Crippen molar-refractivity contribution >= 4 is 0 Å². The SMILES string of the molecule is Fc1ccc(CNC[C@H]2CN(C3CC3)CCO2)c(F)c1. The number of morpholine rings is 1. The summed E-state index contributed by atoms with van der Waals surface area (Å²) in [5, 5.41) is 3.20. The van der Waals surface area contributed by atoms with Crippen LogP contribution in [0, 0.1) is 11.6 Å². The van der Waals surface area contributed by atoms with Gasteiger partial charge in [-0.2, -0.15) is 0 Å². The number of hydrogen-bond donors (Lipinski definition) is 1. The van der Waals surface area contributed by atoms with E-state index in [2.05, 4.69) is 10.2 Å². The van der Waals surface area contributed by atoms with Crippen molar-refractivity contribution < 1.29 is 13.5 Å². The third-order valence-electron chi connectivity index (χ3n) is 3.94. The van der Waals surface area contributed by atoms with E-state index in [0.29, 0.717) is 18.7 Å². The standard InChI is InChI=1S/C15H20F2N2O/c16-12-2-1-11(15(17)7-12)8-18-9-14-10-19(5-6-20-14)13-3-4-13/h1-2,7,13-14,18H,3-6,8-10H2/t14-/m0/s1. The lowest BCUT2D eigenvalue weighted by molar-refractivity contribution is -0.0301. The van der Waals surface area contributed by atoms with Crippen LogP contribution in [0.2, 0.25) is 0 Å². The van der Waals surface area contributed by atoms with Crippen LogP contribution in [-0.4, -0.2) is 43.3 Å². The van der Waals surface area contributed by atoms with Gasteiger partial charge in [0, 0.05) is 43.9 Å². The van der Waals surface area contributed by atoms with E-state index >= 15 is 0 Å². The van der Waals surface area contributed by atoms with Gasteiger partial charge in [0.25, 0.3) is 0 Å². The lowest BCUT2D eigenvalue weighted by Gasteiger charge is -2.33. The average molecular weight is 282 g/mol. The molecule has 2 aliphatic rings. The summed E-state index contributed by atoms with van der Waals surface area (Å²) in [4.78, 5) is 2.48. The van der Waals surface area contributed by atoms with Crippen molar-refractivity contribution in [1.82, 2.24) is 10.2 Å². The Morgan fingerprint density at radius 2 is 2.15 bits per heavy atom. The number of rotatable bonds is 5. The highest BCUT2D eigenvalue weighted by Crippen LogP contribution is 2.28. The molecule has 1 aromatic carbocycles. The van der Waals surface area contributed by atoms with Crippen molar-refractivity contribution in [2.75, 3.05) is 26.2 Å². The second kappa shape index (κ2) is 6.16. The molecule has 0 aromatic heterocycles. The Kier molecular flexibility index (Phi) is 4.29. The second-order valence-electron chi connectivity index (χ2n) is 5.59. The molecule has 3 nitrogen and oxygen atoms in total. The van der Waals surface area contributed by atoms with Gasteiger partial charge in [0.05, 0.1) is 12.7 Å². The lowest BCUT2D eigenvalue weighted by Crippen LogP contribution is -2.47. The number of nitrogens with zero attached hydrogens (tertiary/aromatic N) is 1. The normalized spacial score (nSPS) is 24.0. The molecule has 0 unspecified atom stereocenters. The maximum Gasteiger partial charge on any atom is 0.130 e. The molecule has 5 heteroatoms. The third-order valence-corrected chi connectivity index (χ3v) is 3.94. The molecule has 0 spiro atoms. The van der Waals surface area contributed by atoms with Gasteiger partial charge in [-0.15, -0.1) is 0 Å². The van der Waals surface area contributed by atoms with Gasteiger partial charge in [0.1, 0.15) is 11.6 Å². The van der Waals surface area contributed by atoms with Crippen LogP contribution in [0.5, 0.6) is 0 Å². The Morgan fingerprint density at radius 3 is 2.90 bits per heavy atom. The molecule has 1 atom stereocenters. The van der Waals surface area contributed by atoms with E-state index in [1.165, 1.54) is 25.0 Å². The topological polar surface area (TPSA) is 24.5 Å². The quantitative estimate of drug-likeness (QED) is 0.893. The highest BCUT2D eigenvalue weighted by atomic mass is 19.1. The predicted molar refractivity (Wildman–Crippen MR) is 72.4 cm³/mol. The van der Waals surface area contributed by atoms with Crippen LogP contribution in [0.25, 0.3) is 0 Å². The molecule has 1 aliphatic heterocycles. The van der Waals surface area contributed by atoms with Crippen LogP contribution in [-0.2, 0) is 11.3 Å².